The zero-order valence-corrected chi connectivity index (χ0v) is 27.1. The predicted molar refractivity (Wildman–Crippen MR) is 165 cm³/mol. The first-order valence-electron chi connectivity index (χ1n) is 16.0. The quantitative estimate of drug-likeness (QED) is 0.0736. The van der Waals surface area contributed by atoms with E-state index in [0.717, 1.165) is 49.1 Å². The maximum atomic E-state index is 14.8. The summed E-state index contributed by atoms with van der Waals surface area (Å²) >= 11 is 0. The Labute approximate surface area is 286 Å². The largest absolute Gasteiger partial charge is 0.429 e. The number of alkyl halides is 4. The van der Waals surface area contributed by atoms with Crippen molar-refractivity contribution in [3.63, 3.8) is 0 Å². The van der Waals surface area contributed by atoms with E-state index < -0.39 is 102 Å². The van der Waals surface area contributed by atoms with E-state index in [2.05, 4.69) is 4.74 Å². The van der Waals surface area contributed by atoms with Gasteiger partial charge in [0.2, 0.25) is 0 Å². The first-order valence-corrected chi connectivity index (χ1v) is 16.0. The van der Waals surface area contributed by atoms with E-state index in [9.17, 15) is 43.9 Å². The topological polar surface area (TPSA) is 36.9 Å². The minimum atomic E-state index is -3.94. The Morgan fingerprint density at radius 3 is 1.92 bits per heavy atom. The van der Waals surface area contributed by atoms with E-state index >= 15 is 0 Å². The lowest BCUT2D eigenvalue weighted by Gasteiger charge is -2.32. The van der Waals surface area contributed by atoms with Gasteiger partial charge in [0.25, 0.3) is 0 Å². The highest BCUT2D eigenvalue weighted by Gasteiger charge is 2.38. The van der Waals surface area contributed by atoms with Crippen molar-refractivity contribution in [1.82, 2.24) is 0 Å². The van der Waals surface area contributed by atoms with Crippen LogP contribution in [0, 0.1) is 34.9 Å². The molecule has 0 amide bonds. The van der Waals surface area contributed by atoms with Crippen molar-refractivity contribution in [2.75, 3.05) is 13.2 Å². The minimum Gasteiger partial charge on any atom is -0.429 e. The Balaban J connectivity index is 1.13. The highest BCUT2D eigenvalue weighted by molar-refractivity contribution is 5.64. The molecule has 274 valence electrons. The summed E-state index contributed by atoms with van der Waals surface area (Å²) < 4.78 is 164. The zero-order chi connectivity index (χ0) is 36.9. The van der Waals surface area contributed by atoms with Gasteiger partial charge in [0.05, 0.1) is 18.8 Å². The van der Waals surface area contributed by atoms with Gasteiger partial charge in [0.1, 0.15) is 29.3 Å². The molecule has 0 spiro atoms. The monoisotopic (exact) mass is 730 g/mol. The normalized spacial score (nSPS) is 16.8. The van der Waals surface area contributed by atoms with Crippen molar-refractivity contribution in [3.8, 4) is 16.9 Å². The summed E-state index contributed by atoms with van der Waals surface area (Å²) in [5.74, 6) is -9.26. The van der Waals surface area contributed by atoms with Crippen LogP contribution >= 0.6 is 0 Å². The smallest absolute Gasteiger partial charge is 0.426 e. The third-order valence-corrected chi connectivity index (χ3v) is 8.15. The number of aryl methyl sites for hydroxylation is 1. The van der Waals surface area contributed by atoms with Crippen LogP contribution in [0.1, 0.15) is 61.2 Å². The number of benzene rings is 4. The Morgan fingerprint density at radius 1 is 0.706 bits per heavy atom. The third-order valence-electron chi connectivity index (χ3n) is 8.15. The Hall–Kier alpha value is -4.14. The second-order valence-corrected chi connectivity index (χ2v) is 12.0. The Bertz CT molecular complexity index is 1760. The van der Waals surface area contributed by atoms with Crippen molar-refractivity contribution in [2.24, 2.45) is 0 Å². The van der Waals surface area contributed by atoms with E-state index in [1.165, 1.54) is 18.2 Å². The first kappa shape index (κ1) is 38.1. The Kier molecular flexibility index (Phi) is 12.0. The first-order chi connectivity index (χ1) is 24.2. The number of unbranched alkanes of at least 4 members (excludes halogenated alkanes) is 2. The molecule has 1 fully saturated rings. The molecule has 14 heteroatoms. The van der Waals surface area contributed by atoms with Crippen LogP contribution in [0.2, 0.25) is 0 Å². The van der Waals surface area contributed by atoms with Gasteiger partial charge >= 0.3 is 12.2 Å². The van der Waals surface area contributed by atoms with E-state index in [-0.39, 0.29) is 16.7 Å². The summed E-state index contributed by atoms with van der Waals surface area (Å²) in [6.07, 6.45) is -8.90. The van der Waals surface area contributed by atoms with E-state index in [0.29, 0.717) is 30.7 Å². The fourth-order valence-corrected chi connectivity index (χ4v) is 5.47. The molecule has 4 nitrogen and oxygen atoms in total. The fraction of sp³-hybridized carbons (Fsp3) is 0.351. The molecule has 0 radical (unpaired) electrons. The van der Waals surface area contributed by atoms with Gasteiger partial charge in [-0.25, -0.2) is 26.3 Å². The second kappa shape index (κ2) is 16.0. The van der Waals surface area contributed by atoms with Crippen molar-refractivity contribution in [1.29, 1.82) is 0 Å². The molecule has 5 rings (SSSR count). The molecule has 4 aromatic rings. The van der Waals surface area contributed by atoms with E-state index in [4.69, 9.17) is 14.2 Å². The molecule has 0 aromatic heterocycles. The summed E-state index contributed by atoms with van der Waals surface area (Å²) in [6.45, 7) is 1.13. The SMILES string of the molecule is CCCCCc1ccc(C(F)(F)Oc2cc(F)c(CCC(F)(F)OC3COC(c4ccc(-c5cc(F)c(F)c(F)c5)c(F)c4)OC3)c(F)c2)cc1. The van der Waals surface area contributed by atoms with Crippen molar-refractivity contribution in [2.45, 2.75) is 70.1 Å². The summed E-state index contributed by atoms with van der Waals surface area (Å²) in [5, 5.41) is 0. The van der Waals surface area contributed by atoms with Crippen LogP contribution in [-0.2, 0) is 33.2 Å². The average molecular weight is 731 g/mol. The fourth-order valence-electron chi connectivity index (χ4n) is 5.47. The minimum absolute atomic E-state index is 0.0939. The molecule has 0 saturated carbocycles. The molecule has 1 aliphatic heterocycles. The van der Waals surface area contributed by atoms with Gasteiger partial charge in [0.15, 0.2) is 23.7 Å². The predicted octanol–water partition coefficient (Wildman–Crippen LogP) is 10.7. The van der Waals surface area contributed by atoms with Gasteiger partial charge in [-0.1, -0.05) is 44.0 Å². The third kappa shape index (κ3) is 9.60. The number of ether oxygens (including phenoxy) is 4. The lowest BCUT2D eigenvalue weighted by molar-refractivity contribution is -0.314. The molecule has 0 bridgehead atoms. The highest BCUT2D eigenvalue weighted by atomic mass is 19.3. The van der Waals surface area contributed by atoms with Crippen LogP contribution in [0.15, 0.2) is 66.7 Å². The van der Waals surface area contributed by atoms with Crippen LogP contribution in [0.3, 0.4) is 0 Å². The van der Waals surface area contributed by atoms with Crippen LogP contribution in [0.25, 0.3) is 11.1 Å². The molecule has 4 aromatic carbocycles. The van der Waals surface area contributed by atoms with Gasteiger partial charge in [-0.05, 0) is 60.7 Å². The number of halogens is 10. The van der Waals surface area contributed by atoms with Gasteiger partial charge in [0, 0.05) is 35.2 Å². The summed E-state index contributed by atoms with van der Waals surface area (Å²) in [7, 11) is 0. The maximum Gasteiger partial charge on any atom is 0.426 e. The number of hydrogen-bond donors (Lipinski definition) is 0. The molecular formula is C37H32F10O4. The molecule has 0 unspecified atom stereocenters. The lowest BCUT2D eigenvalue weighted by atomic mass is 10.0. The van der Waals surface area contributed by atoms with Crippen molar-refractivity contribution >= 4 is 0 Å². The lowest BCUT2D eigenvalue weighted by Crippen LogP contribution is -2.39. The second-order valence-electron chi connectivity index (χ2n) is 12.0. The van der Waals surface area contributed by atoms with Gasteiger partial charge in [-0.2, -0.15) is 17.6 Å². The van der Waals surface area contributed by atoms with Gasteiger partial charge < -0.3 is 18.9 Å². The van der Waals surface area contributed by atoms with Crippen molar-refractivity contribution in [3.05, 3.63) is 124 Å². The van der Waals surface area contributed by atoms with Crippen molar-refractivity contribution < 1.29 is 62.9 Å². The number of rotatable bonds is 14. The standard InChI is InChI=1S/C37H32F10O4/c1-2-3-4-5-21-6-9-24(10-7-21)37(46,47)51-25-17-30(39)28(31(40)18-25)12-13-36(44,45)50-26-19-48-35(49-20-26)22-8-11-27(29(38)14-22)23-15-32(41)34(43)33(42)16-23/h6-11,14-18,26,35H,2-5,12-13,19-20H2,1H3. The molecule has 0 aliphatic carbocycles. The molecule has 1 heterocycles. The Morgan fingerprint density at radius 2 is 1.33 bits per heavy atom. The van der Waals surface area contributed by atoms with Crippen LogP contribution in [0.5, 0.6) is 5.75 Å². The molecule has 1 aliphatic rings. The van der Waals surface area contributed by atoms with Crippen LogP contribution < -0.4 is 4.74 Å². The summed E-state index contributed by atoms with van der Waals surface area (Å²) in [6, 6.07) is 11.0. The summed E-state index contributed by atoms with van der Waals surface area (Å²) in [4.78, 5) is 0. The van der Waals surface area contributed by atoms with E-state index in [1.54, 1.807) is 0 Å². The average Bonchev–Trinajstić information content (AvgIpc) is 3.07. The van der Waals surface area contributed by atoms with E-state index in [1.807, 2.05) is 6.92 Å². The van der Waals surface area contributed by atoms with Gasteiger partial charge in [-0.3, -0.25) is 0 Å². The summed E-state index contributed by atoms with van der Waals surface area (Å²) in [5.41, 5.74) is -0.902. The number of hydrogen-bond acceptors (Lipinski definition) is 4. The molecule has 0 atom stereocenters. The van der Waals surface area contributed by atoms with Crippen LogP contribution in [0.4, 0.5) is 43.9 Å². The molecule has 51 heavy (non-hydrogen) atoms. The zero-order valence-electron chi connectivity index (χ0n) is 27.1. The van der Waals surface area contributed by atoms with Gasteiger partial charge in [-0.15, -0.1) is 0 Å². The maximum absolute atomic E-state index is 14.8. The molecule has 0 N–H and O–H groups in total. The molecule has 1 saturated heterocycles. The highest BCUT2D eigenvalue weighted by Crippen LogP contribution is 2.36. The molecular weight excluding hydrogens is 698 g/mol. The van der Waals surface area contributed by atoms with Crippen LogP contribution in [-0.4, -0.2) is 25.4 Å².